The van der Waals surface area contributed by atoms with Gasteiger partial charge in [-0.3, -0.25) is 0 Å². The molecule has 0 amide bonds. The molecule has 0 saturated carbocycles. The molecule has 0 aliphatic carbocycles. The molecule has 1 aromatic rings. The van der Waals surface area contributed by atoms with E-state index in [0.717, 1.165) is 16.5 Å². The molecule has 1 unspecified atom stereocenters. The molecule has 0 aliphatic heterocycles. The second-order valence-electron chi connectivity index (χ2n) is 4.82. The van der Waals surface area contributed by atoms with Crippen LogP contribution in [0.5, 0.6) is 0 Å². The summed E-state index contributed by atoms with van der Waals surface area (Å²) in [4.78, 5) is 1.36. The minimum atomic E-state index is 0.336. The highest BCUT2D eigenvalue weighted by Crippen LogP contribution is 2.26. The van der Waals surface area contributed by atoms with Crippen LogP contribution in [0.1, 0.15) is 25.6 Å². The molecule has 0 bridgehead atoms. The highest BCUT2D eigenvalue weighted by Gasteiger charge is 2.15. The molecular weight excluding hydrogens is 258 g/mol. The normalized spacial score (nSPS) is 14.1. The molecule has 1 heterocycles. The fraction of sp³-hybridized carbons (Fsp3) is 0.667. The van der Waals surface area contributed by atoms with E-state index >= 15 is 0 Å². The summed E-state index contributed by atoms with van der Waals surface area (Å²) in [6.07, 6.45) is 1.07. The largest absolute Gasteiger partial charge is 0.316 e. The fourth-order valence-electron chi connectivity index (χ4n) is 1.30. The molecule has 0 aliphatic rings. The van der Waals surface area contributed by atoms with Gasteiger partial charge in [-0.05, 0) is 25.6 Å². The molecule has 1 atom stereocenters. The highest BCUT2D eigenvalue weighted by atomic mass is 35.5. The first-order valence-electron chi connectivity index (χ1n) is 5.46. The summed E-state index contributed by atoms with van der Waals surface area (Å²) in [5.41, 5.74) is 0. The average Bonchev–Trinajstić information content (AvgIpc) is 2.57. The summed E-state index contributed by atoms with van der Waals surface area (Å²) in [5.74, 6) is 1.13. The average molecular weight is 278 g/mol. The van der Waals surface area contributed by atoms with Crippen LogP contribution >= 0.6 is 34.7 Å². The third-order valence-electron chi connectivity index (χ3n) is 2.20. The number of halogens is 1. The van der Waals surface area contributed by atoms with Crippen LogP contribution in [0.4, 0.5) is 0 Å². The smallest absolute Gasteiger partial charge is 0.0931 e. The predicted octanol–water partition coefficient (Wildman–Crippen LogP) is 4.06. The first-order valence-corrected chi connectivity index (χ1v) is 7.64. The zero-order chi connectivity index (χ0) is 12.2. The maximum absolute atomic E-state index is 5.93. The van der Waals surface area contributed by atoms with Gasteiger partial charge < -0.3 is 5.32 Å². The number of hydrogen-bond acceptors (Lipinski definition) is 3. The van der Waals surface area contributed by atoms with Gasteiger partial charge in [0.2, 0.25) is 0 Å². The van der Waals surface area contributed by atoms with Crippen LogP contribution in [0.3, 0.4) is 0 Å². The lowest BCUT2D eigenvalue weighted by molar-refractivity contribution is 0.618. The van der Waals surface area contributed by atoms with Gasteiger partial charge in [-0.15, -0.1) is 11.3 Å². The van der Waals surface area contributed by atoms with E-state index in [4.69, 9.17) is 11.6 Å². The Balaban J connectivity index is 2.43. The molecule has 0 fully saturated rings. The molecule has 1 nitrogen and oxygen atoms in total. The number of rotatable bonds is 5. The maximum Gasteiger partial charge on any atom is 0.0931 e. The molecule has 0 radical (unpaired) electrons. The molecule has 1 rings (SSSR count). The first kappa shape index (κ1) is 14.4. The number of thiophene rings is 1. The molecule has 16 heavy (non-hydrogen) atoms. The van der Waals surface area contributed by atoms with Gasteiger partial charge >= 0.3 is 0 Å². The SMILES string of the molecule is CNC(CSC(C)(C)C)Cc1ccc(Cl)s1. The van der Waals surface area contributed by atoms with Crippen LogP contribution in [0.2, 0.25) is 4.34 Å². The van der Waals surface area contributed by atoms with Crippen molar-refractivity contribution < 1.29 is 0 Å². The van der Waals surface area contributed by atoms with E-state index in [2.05, 4.69) is 32.2 Å². The fourth-order valence-corrected chi connectivity index (χ4v) is 3.45. The number of nitrogens with one attached hydrogen (secondary N) is 1. The van der Waals surface area contributed by atoms with E-state index < -0.39 is 0 Å². The molecular formula is C12H20ClNS2. The summed E-state index contributed by atoms with van der Waals surface area (Å²) < 4.78 is 1.22. The van der Waals surface area contributed by atoms with E-state index in [0.29, 0.717) is 10.8 Å². The minimum Gasteiger partial charge on any atom is -0.316 e. The third-order valence-corrected chi connectivity index (χ3v) is 4.89. The lowest BCUT2D eigenvalue weighted by Crippen LogP contribution is -2.31. The highest BCUT2D eigenvalue weighted by molar-refractivity contribution is 8.00. The summed E-state index contributed by atoms with van der Waals surface area (Å²) in [7, 11) is 2.03. The van der Waals surface area contributed by atoms with Crippen molar-refractivity contribution in [3.8, 4) is 0 Å². The first-order chi connectivity index (χ1) is 7.40. The van der Waals surface area contributed by atoms with Crippen molar-refractivity contribution in [2.24, 2.45) is 0 Å². The van der Waals surface area contributed by atoms with Gasteiger partial charge in [-0.2, -0.15) is 11.8 Å². The van der Waals surface area contributed by atoms with E-state index in [9.17, 15) is 0 Å². The zero-order valence-corrected chi connectivity index (χ0v) is 12.7. The topological polar surface area (TPSA) is 12.0 Å². The van der Waals surface area contributed by atoms with Gasteiger partial charge in [0.15, 0.2) is 0 Å². The number of likely N-dealkylation sites (N-methyl/N-ethyl adjacent to an activating group) is 1. The molecule has 0 spiro atoms. The third kappa shape index (κ3) is 5.58. The summed E-state index contributed by atoms with van der Waals surface area (Å²) in [5, 5.41) is 3.38. The van der Waals surface area contributed by atoms with Crippen LogP contribution in [-0.4, -0.2) is 23.6 Å². The molecule has 4 heteroatoms. The van der Waals surface area contributed by atoms with E-state index in [-0.39, 0.29) is 0 Å². The second-order valence-corrected chi connectivity index (χ2v) is 8.47. The Morgan fingerprint density at radius 1 is 1.44 bits per heavy atom. The standard InChI is InChI=1S/C12H20ClNS2/c1-12(2,3)15-8-9(14-4)7-10-5-6-11(13)16-10/h5-6,9,14H,7-8H2,1-4H3. The number of hydrogen-bond donors (Lipinski definition) is 1. The van der Waals surface area contributed by atoms with Gasteiger partial charge in [-0.25, -0.2) is 0 Å². The van der Waals surface area contributed by atoms with Gasteiger partial charge in [-0.1, -0.05) is 32.4 Å². The Morgan fingerprint density at radius 3 is 2.56 bits per heavy atom. The van der Waals surface area contributed by atoms with Crippen molar-refractivity contribution in [1.82, 2.24) is 5.32 Å². The Labute approximate surface area is 112 Å². The van der Waals surface area contributed by atoms with Crippen molar-refractivity contribution in [1.29, 1.82) is 0 Å². The summed E-state index contributed by atoms with van der Waals surface area (Å²) >= 11 is 9.61. The monoisotopic (exact) mass is 277 g/mol. The van der Waals surface area contributed by atoms with Gasteiger partial charge in [0.05, 0.1) is 4.34 Å². The molecule has 92 valence electrons. The molecule has 0 aromatic carbocycles. The van der Waals surface area contributed by atoms with Crippen LogP contribution in [0, 0.1) is 0 Å². The van der Waals surface area contributed by atoms with Crippen molar-refractivity contribution in [2.75, 3.05) is 12.8 Å². The summed E-state index contributed by atoms with van der Waals surface area (Å²) in [6, 6.07) is 4.63. The van der Waals surface area contributed by atoms with Gasteiger partial charge in [0.25, 0.3) is 0 Å². The van der Waals surface area contributed by atoms with Gasteiger partial charge in [0.1, 0.15) is 0 Å². The Hall–Kier alpha value is 0.300. The second kappa shape index (κ2) is 6.29. The van der Waals surface area contributed by atoms with E-state index in [1.165, 1.54) is 4.88 Å². The maximum atomic E-state index is 5.93. The van der Waals surface area contributed by atoms with E-state index in [1.54, 1.807) is 11.3 Å². The van der Waals surface area contributed by atoms with Crippen molar-refractivity contribution in [2.45, 2.75) is 38.0 Å². The molecule has 0 saturated heterocycles. The Morgan fingerprint density at radius 2 is 2.12 bits per heavy atom. The zero-order valence-electron chi connectivity index (χ0n) is 10.3. The van der Waals surface area contributed by atoms with Crippen molar-refractivity contribution >= 4 is 34.7 Å². The molecule has 1 N–H and O–H groups in total. The van der Waals surface area contributed by atoms with Crippen LogP contribution in [0.15, 0.2) is 12.1 Å². The quantitative estimate of drug-likeness (QED) is 0.871. The van der Waals surface area contributed by atoms with Crippen LogP contribution < -0.4 is 5.32 Å². The minimum absolute atomic E-state index is 0.336. The predicted molar refractivity (Wildman–Crippen MR) is 78.1 cm³/mol. The molecule has 1 aromatic heterocycles. The number of thioether (sulfide) groups is 1. The van der Waals surface area contributed by atoms with Crippen LogP contribution in [0.25, 0.3) is 0 Å². The Kier molecular flexibility index (Phi) is 5.65. The van der Waals surface area contributed by atoms with Crippen LogP contribution in [-0.2, 0) is 6.42 Å². The summed E-state index contributed by atoms with van der Waals surface area (Å²) in [6.45, 7) is 6.77. The van der Waals surface area contributed by atoms with Gasteiger partial charge in [0, 0.05) is 21.4 Å². The van der Waals surface area contributed by atoms with Crippen molar-refractivity contribution in [3.63, 3.8) is 0 Å². The van der Waals surface area contributed by atoms with E-state index in [1.807, 2.05) is 24.9 Å². The lowest BCUT2D eigenvalue weighted by Gasteiger charge is -2.22. The lowest BCUT2D eigenvalue weighted by atomic mass is 10.2. The van der Waals surface area contributed by atoms with Crippen molar-refractivity contribution in [3.05, 3.63) is 21.3 Å². The Bertz CT molecular complexity index is 317.